The Balaban J connectivity index is 2.89. The Bertz CT molecular complexity index is 297. The molecule has 0 saturated carbocycles. The lowest BCUT2D eigenvalue weighted by Crippen LogP contribution is -1.79. The molecule has 0 heterocycles. The van der Waals surface area contributed by atoms with Crippen molar-refractivity contribution in [2.75, 3.05) is 6.61 Å². The summed E-state index contributed by atoms with van der Waals surface area (Å²) >= 11 is 5.47. The van der Waals surface area contributed by atoms with E-state index in [-0.39, 0.29) is 11.6 Å². The zero-order chi connectivity index (χ0) is 8.97. The van der Waals surface area contributed by atoms with Crippen LogP contribution in [0.5, 0.6) is 0 Å². The van der Waals surface area contributed by atoms with E-state index in [1.54, 1.807) is 12.1 Å². The maximum atomic E-state index is 12.8. The zero-order valence-corrected chi connectivity index (χ0v) is 7.05. The average Bonchev–Trinajstić information content (AvgIpc) is 2.07. The first-order valence-electron chi connectivity index (χ1n) is 3.46. The molecule has 1 N–H and O–H groups in total. The van der Waals surface area contributed by atoms with Crippen molar-refractivity contribution >= 4 is 17.7 Å². The Hall–Kier alpha value is -0.860. The summed E-state index contributed by atoms with van der Waals surface area (Å²) in [7, 11) is 0. The van der Waals surface area contributed by atoms with Crippen LogP contribution in [-0.2, 0) is 0 Å². The van der Waals surface area contributed by atoms with Gasteiger partial charge in [-0.1, -0.05) is 29.8 Å². The monoisotopic (exact) mass is 186 g/mol. The lowest BCUT2D eigenvalue weighted by molar-refractivity contribution is 0.343. The third kappa shape index (κ3) is 2.32. The molecule has 0 aliphatic heterocycles. The van der Waals surface area contributed by atoms with Gasteiger partial charge in [0, 0.05) is 0 Å². The molecule has 0 saturated heterocycles. The van der Waals surface area contributed by atoms with Crippen LogP contribution in [-0.4, -0.2) is 11.7 Å². The lowest BCUT2D eigenvalue weighted by Gasteiger charge is -1.95. The van der Waals surface area contributed by atoms with Crippen molar-refractivity contribution in [3.05, 3.63) is 40.7 Å². The number of aliphatic hydroxyl groups is 1. The van der Waals surface area contributed by atoms with Gasteiger partial charge in [0.25, 0.3) is 0 Å². The first-order valence-corrected chi connectivity index (χ1v) is 3.84. The molecule has 0 aromatic heterocycles. The van der Waals surface area contributed by atoms with Crippen molar-refractivity contribution in [3.63, 3.8) is 0 Å². The van der Waals surface area contributed by atoms with E-state index in [0.717, 1.165) is 0 Å². The Labute approximate surface area is 75.1 Å². The van der Waals surface area contributed by atoms with Crippen LogP contribution < -0.4 is 0 Å². The van der Waals surface area contributed by atoms with Crippen LogP contribution in [0.4, 0.5) is 4.39 Å². The highest BCUT2D eigenvalue weighted by Crippen LogP contribution is 2.16. The fourth-order valence-electron chi connectivity index (χ4n) is 0.805. The van der Waals surface area contributed by atoms with Gasteiger partial charge in [-0.3, -0.25) is 0 Å². The molecule has 64 valence electrons. The molecule has 0 spiro atoms. The predicted molar refractivity (Wildman–Crippen MR) is 47.5 cm³/mol. The second-order valence-electron chi connectivity index (χ2n) is 2.26. The van der Waals surface area contributed by atoms with Gasteiger partial charge in [-0.2, -0.15) is 0 Å². The normalized spacial score (nSPS) is 10.9. The quantitative estimate of drug-likeness (QED) is 0.753. The minimum atomic E-state index is -0.447. The molecule has 0 bridgehead atoms. The van der Waals surface area contributed by atoms with Crippen molar-refractivity contribution in [3.8, 4) is 0 Å². The highest BCUT2D eigenvalue weighted by atomic mass is 35.5. The molecule has 12 heavy (non-hydrogen) atoms. The fourth-order valence-corrected chi connectivity index (χ4v) is 0.922. The van der Waals surface area contributed by atoms with E-state index in [0.29, 0.717) is 5.56 Å². The molecular formula is C9H8ClFO. The number of rotatable bonds is 2. The molecule has 0 aliphatic carbocycles. The molecule has 0 unspecified atom stereocenters. The highest BCUT2D eigenvalue weighted by molar-refractivity contribution is 6.30. The SMILES string of the molecule is OCC=Cc1ccc(Cl)c(F)c1. The second kappa shape index (κ2) is 4.24. The lowest BCUT2D eigenvalue weighted by atomic mass is 10.2. The molecule has 0 amide bonds. The summed E-state index contributed by atoms with van der Waals surface area (Å²) in [5.74, 6) is -0.447. The molecule has 1 rings (SSSR count). The molecule has 0 fully saturated rings. The highest BCUT2D eigenvalue weighted by Gasteiger charge is 1.97. The van der Waals surface area contributed by atoms with Crippen LogP contribution in [0, 0.1) is 5.82 Å². The van der Waals surface area contributed by atoms with E-state index in [4.69, 9.17) is 16.7 Å². The van der Waals surface area contributed by atoms with Crippen molar-refractivity contribution in [2.45, 2.75) is 0 Å². The molecule has 1 aromatic rings. The first kappa shape index (κ1) is 9.23. The van der Waals surface area contributed by atoms with Gasteiger partial charge in [-0.05, 0) is 17.7 Å². The van der Waals surface area contributed by atoms with Gasteiger partial charge >= 0.3 is 0 Å². The third-order valence-electron chi connectivity index (χ3n) is 1.36. The summed E-state index contributed by atoms with van der Waals surface area (Å²) in [6.45, 7) is -0.0513. The van der Waals surface area contributed by atoms with E-state index in [1.807, 2.05) is 0 Å². The maximum absolute atomic E-state index is 12.8. The maximum Gasteiger partial charge on any atom is 0.142 e. The van der Waals surface area contributed by atoms with Crippen molar-refractivity contribution in [2.24, 2.45) is 0 Å². The Morgan fingerprint density at radius 2 is 2.25 bits per heavy atom. The van der Waals surface area contributed by atoms with E-state index in [9.17, 15) is 4.39 Å². The van der Waals surface area contributed by atoms with E-state index < -0.39 is 5.82 Å². The average molecular weight is 187 g/mol. The molecule has 3 heteroatoms. The minimum Gasteiger partial charge on any atom is -0.392 e. The van der Waals surface area contributed by atoms with Crippen LogP contribution in [0.3, 0.4) is 0 Å². The van der Waals surface area contributed by atoms with Crippen LogP contribution in [0.1, 0.15) is 5.56 Å². The fraction of sp³-hybridized carbons (Fsp3) is 0.111. The number of halogens is 2. The van der Waals surface area contributed by atoms with E-state index in [1.165, 1.54) is 18.2 Å². The van der Waals surface area contributed by atoms with Crippen molar-refractivity contribution in [1.29, 1.82) is 0 Å². The van der Waals surface area contributed by atoms with Gasteiger partial charge < -0.3 is 5.11 Å². The largest absolute Gasteiger partial charge is 0.392 e. The molecule has 1 aromatic carbocycles. The van der Waals surface area contributed by atoms with Gasteiger partial charge in [0.2, 0.25) is 0 Å². The van der Waals surface area contributed by atoms with Gasteiger partial charge in [0.05, 0.1) is 11.6 Å². The standard InChI is InChI=1S/C9H8ClFO/c10-8-4-3-7(2-1-5-12)6-9(8)11/h1-4,6,12H,5H2. The topological polar surface area (TPSA) is 20.2 Å². The summed E-state index contributed by atoms with van der Waals surface area (Å²) in [5.41, 5.74) is 0.686. The van der Waals surface area contributed by atoms with Crippen LogP contribution in [0.25, 0.3) is 6.08 Å². The number of hydrogen-bond acceptors (Lipinski definition) is 1. The Morgan fingerprint density at radius 1 is 1.50 bits per heavy atom. The summed E-state index contributed by atoms with van der Waals surface area (Å²) in [4.78, 5) is 0. The van der Waals surface area contributed by atoms with Crippen LogP contribution >= 0.6 is 11.6 Å². The number of aliphatic hydroxyl groups excluding tert-OH is 1. The minimum absolute atomic E-state index is 0.0513. The summed E-state index contributed by atoms with van der Waals surface area (Å²) < 4.78 is 12.8. The molecule has 0 atom stereocenters. The summed E-state index contributed by atoms with van der Waals surface area (Å²) in [6, 6.07) is 4.47. The van der Waals surface area contributed by atoms with Crippen molar-refractivity contribution in [1.82, 2.24) is 0 Å². The molecule has 0 aliphatic rings. The van der Waals surface area contributed by atoms with E-state index in [2.05, 4.69) is 0 Å². The molecule has 1 nitrogen and oxygen atoms in total. The number of benzene rings is 1. The Morgan fingerprint density at radius 3 is 2.83 bits per heavy atom. The zero-order valence-electron chi connectivity index (χ0n) is 6.30. The van der Waals surface area contributed by atoms with Gasteiger partial charge in [0.15, 0.2) is 0 Å². The smallest absolute Gasteiger partial charge is 0.142 e. The second-order valence-corrected chi connectivity index (χ2v) is 2.67. The van der Waals surface area contributed by atoms with Crippen LogP contribution in [0.2, 0.25) is 5.02 Å². The molecule has 0 radical (unpaired) electrons. The van der Waals surface area contributed by atoms with Crippen LogP contribution in [0.15, 0.2) is 24.3 Å². The Kier molecular flexibility index (Phi) is 3.26. The molecular weight excluding hydrogens is 179 g/mol. The van der Waals surface area contributed by atoms with Crippen molar-refractivity contribution < 1.29 is 9.50 Å². The van der Waals surface area contributed by atoms with Gasteiger partial charge in [0.1, 0.15) is 5.82 Å². The first-order chi connectivity index (χ1) is 5.74. The van der Waals surface area contributed by atoms with Gasteiger partial charge in [-0.15, -0.1) is 0 Å². The predicted octanol–water partition coefficient (Wildman–Crippen LogP) is 2.48. The number of hydrogen-bond donors (Lipinski definition) is 1. The summed E-state index contributed by atoms with van der Waals surface area (Å²) in [5, 5.41) is 8.55. The van der Waals surface area contributed by atoms with E-state index >= 15 is 0 Å². The van der Waals surface area contributed by atoms with Gasteiger partial charge in [-0.25, -0.2) is 4.39 Å². The summed E-state index contributed by atoms with van der Waals surface area (Å²) in [6.07, 6.45) is 3.15. The third-order valence-corrected chi connectivity index (χ3v) is 1.67.